The molecule has 0 bridgehead atoms. The van der Waals surface area contributed by atoms with E-state index in [4.69, 9.17) is 4.42 Å². The number of nitrogens with zero attached hydrogens (tertiary/aromatic N) is 2. The van der Waals surface area contributed by atoms with Crippen LogP contribution in [0.1, 0.15) is 36.3 Å². The molecule has 1 spiro atoms. The van der Waals surface area contributed by atoms with Gasteiger partial charge in [0.2, 0.25) is 0 Å². The molecular weight excluding hydrogens is 304 g/mol. The summed E-state index contributed by atoms with van der Waals surface area (Å²) < 4.78 is 5.53. The molecule has 3 heterocycles. The first-order chi connectivity index (χ1) is 11.3. The Labute approximate surface area is 142 Å². The zero-order valence-corrected chi connectivity index (χ0v) is 14.7. The van der Waals surface area contributed by atoms with Gasteiger partial charge >= 0.3 is 0 Å². The Morgan fingerprint density at radius 3 is 2.74 bits per heavy atom. The van der Waals surface area contributed by atoms with E-state index in [1.807, 2.05) is 17.4 Å². The van der Waals surface area contributed by atoms with Crippen LogP contribution in [-0.4, -0.2) is 36.0 Å². The van der Waals surface area contributed by atoms with Crippen LogP contribution in [0, 0.1) is 5.41 Å². The maximum atomic E-state index is 5.53. The number of hydrogen-bond acceptors (Lipinski definition) is 4. The fourth-order valence-corrected chi connectivity index (χ4v) is 5.24. The Bertz CT molecular complexity index is 599. The highest BCUT2D eigenvalue weighted by molar-refractivity contribution is 7.09. The maximum Gasteiger partial charge on any atom is 0.117 e. The number of thiophene rings is 1. The molecule has 4 rings (SSSR count). The highest BCUT2D eigenvalue weighted by Gasteiger charge is 2.49. The third-order valence-corrected chi connectivity index (χ3v) is 6.81. The van der Waals surface area contributed by atoms with Gasteiger partial charge in [-0.1, -0.05) is 6.07 Å². The molecule has 1 aliphatic carbocycles. The zero-order chi connectivity index (χ0) is 15.7. The fraction of sp³-hybridized carbons (Fsp3) is 0.579. The van der Waals surface area contributed by atoms with Crippen molar-refractivity contribution in [2.45, 2.75) is 44.8 Å². The van der Waals surface area contributed by atoms with Crippen molar-refractivity contribution in [2.75, 3.05) is 20.1 Å². The molecule has 124 valence electrons. The second kappa shape index (κ2) is 6.42. The van der Waals surface area contributed by atoms with Crippen molar-refractivity contribution in [2.24, 2.45) is 5.41 Å². The van der Waals surface area contributed by atoms with Gasteiger partial charge in [0.1, 0.15) is 5.76 Å². The third-order valence-electron chi connectivity index (χ3n) is 5.95. The lowest BCUT2D eigenvalue weighted by molar-refractivity contribution is -0.0647. The van der Waals surface area contributed by atoms with E-state index in [-0.39, 0.29) is 0 Å². The number of piperidine rings is 1. The quantitative estimate of drug-likeness (QED) is 0.818. The Kier molecular flexibility index (Phi) is 4.31. The van der Waals surface area contributed by atoms with E-state index in [1.54, 1.807) is 6.26 Å². The smallest absolute Gasteiger partial charge is 0.117 e. The van der Waals surface area contributed by atoms with E-state index in [1.165, 1.54) is 43.6 Å². The van der Waals surface area contributed by atoms with Crippen molar-refractivity contribution in [1.82, 2.24) is 9.80 Å². The molecule has 1 atom stereocenters. The van der Waals surface area contributed by atoms with Crippen LogP contribution < -0.4 is 0 Å². The van der Waals surface area contributed by atoms with Gasteiger partial charge in [0, 0.05) is 17.5 Å². The summed E-state index contributed by atoms with van der Waals surface area (Å²) in [6.07, 6.45) is 7.25. The first-order valence-electron chi connectivity index (χ1n) is 8.73. The molecule has 2 fully saturated rings. The molecule has 0 amide bonds. The SMILES string of the molecule is CN(Cc1ccco1)[C@@H]1CCC12CCN(Cc1cccs1)CC2. The lowest BCUT2D eigenvalue weighted by Crippen LogP contribution is -2.57. The molecule has 3 nitrogen and oxygen atoms in total. The zero-order valence-electron chi connectivity index (χ0n) is 13.9. The minimum Gasteiger partial charge on any atom is -0.468 e. The van der Waals surface area contributed by atoms with Crippen molar-refractivity contribution in [3.05, 3.63) is 46.5 Å². The second-order valence-electron chi connectivity index (χ2n) is 7.27. The molecule has 2 aliphatic rings. The van der Waals surface area contributed by atoms with Gasteiger partial charge in [-0.2, -0.15) is 0 Å². The lowest BCUT2D eigenvalue weighted by atomic mass is 9.59. The highest BCUT2D eigenvalue weighted by Crippen LogP contribution is 2.51. The molecule has 23 heavy (non-hydrogen) atoms. The summed E-state index contributed by atoms with van der Waals surface area (Å²) in [6.45, 7) is 4.59. The van der Waals surface area contributed by atoms with Gasteiger partial charge in [-0.05, 0) is 74.8 Å². The number of rotatable bonds is 5. The summed E-state index contributed by atoms with van der Waals surface area (Å²) in [5, 5.41) is 2.19. The molecule has 0 unspecified atom stereocenters. The summed E-state index contributed by atoms with van der Waals surface area (Å²) in [5.41, 5.74) is 0.563. The largest absolute Gasteiger partial charge is 0.468 e. The van der Waals surface area contributed by atoms with Crippen LogP contribution in [0.25, 0.3) is 0 Å². The van der Waals surface area contributed by atoms with Crippen molar-refractivity contribution < 1.29 is 4.42 Å². The van der Waals surface area contributed by atoms with Gasteiger partial charge in [0.05, 0.1) is 12.8 Å². The number of hydrogen-bond donors (Lipinski definition) is 0. The van der Waals surface area contributed by atoms with Crippen molar-refractivity contribution in [3.63, 3.8) is 0 Å². The van der Waals surface area contributed by atoms with Crippen LogP contribution in [0.5, 0.6) is 0 Å². The van der Waals surface area contributed by atoms with Crippen molar-refractivity contribution >= 4 is 11.3 Å². The van der Waals surface area contributed by atoms with E-state index >= 15 is 0 Å². The van der Waals surface area contributed by atoms with Gasteiger partial charge in [-0.25, -0.2) is 0 Å². The van der Waals surface area contributed by atoms with Crippen LogP contribution >= 0.6 is 11.3 Å². The highest BCUT2D eigenvalue weighted by atomic mass is 32.1. The van der Waals surface area contributed by atoms with Crippen molar-refractivity contribution in [3.8, 4) is 0 Å². The molecule has 0 radical (unpaired) electrons. The minimum atomic E-state index is 0.563. The third kappa shape index (κ3) is 3.12. The second-order valence-corrected chi connectivity index (χ2v) is 8.30. The van der Waals surface area contributed by atoms with Crippen molar-refractivity contribution in [1.29, 1.82) is 0 Å². The van der Waals surface area contributed by atoms with E-state index in [0.717, 1.165) is 24.9 Å². The first-order valence-corrected chi connectivity index (χ1v) is 9.61. The Morgan fingerprint density at radius 1 is 1.26 bits per heavy atom. The van der Waals surface area contributed by atoms with E-state index in [2.05, 4.69) is 40.4 Å². The molecule has 1 aliphatic heterocycles. The maximum absolute atomic E-state index is 5.53. The van der Waals surface area contributed by atoms with E-state index in [0.29, 0.717) is 5.41 Å². The summed E-state index contributed by atoms with van der Waals surface area (Å²) in [7, 11) is 2.27. The van der Waals surface area contributed by atoms with Gasteiger partial charge in [0.15, 0.2) is 0 Å². The summed E-state index contributed by atoms with van der Waals surface area (Å²) in [5.74, 6) is 1.09. The van der Waals surface area contributed by atoms with Crippen LogP contribution in [0.4, 0.5) is 0 Å². The molecule has 1 saturated heterocycles. The van der Waals surface area contributed by atoms with E-state index < -0.39 is 0 Å². The molecule has 0 aromatic carbocycles. The average Bonchev–Trinajstić information content (AvgIpc) is 3.21. The van der Waals surface area contributed by atoms with Gasteiger partial charge < -0.3 is 4.42 Å². The fourth-order valence-electron chi connectivity index (χ4n) is 4.49. The van der Waals surface area contributed by atoms with Crippen LogP contribution in [0.3, 0.4) is 0 Å². The number of likely N-dealkylation sites (tertiary alicyclic amines) is 1. The molecular formula is C19H26N2OS. The molecule has 4 heteroatoms. The predicted molar refractivity (Wildman–Crippen MR) is 94.5 cm³/mol. The average molecular weight is 330 g/mol. The number of furan rings is 1. The monoisotopic (exact) mass is 330 g/mol. The summed E-state index contributed by atoms with van der Waals surface area (Å²) in [6, 6.07) is 9.24. The molecule has 2 aromatic heterocycles. The van der Waals surface area contributed by atoms with Crippen LogP contribution in [-0.2, 0) is 13.1 Å². The molecule has 1 saturated carbocycles. The van der Waals surface area contributed by atoms with E-state index in [9.17, 15) is 0 Å². The molecule has 0 N–H and O–H groups in total. The Balaban J connectivity index is 1.33. The summed E-state index contributed by atoms with van der Waals surface area (Å²) in [4.78, 5) is 6.66. The minimum absolute atomic E-state index is 0.563. The standard InChI is InChI=1S/C19H26N2OS/c1-20(14-16-4-2-12-22-16)18-6-7-19(18)8-10-21(11-9-19)15-17-5-3-13-23-17/h2-5,12-13,18H,6-11,14-15H2,1H3/t18-/m1/s1. The topological polar surface area (TPSA) is 19.6 Å². The van der Waals surface area contributed by atoms with Crippen LogP contribution in [0.2, 0.25) is 0 Å². The molecule has 2 aromatic rings. The van der Waals surface area contributed by atoms with Gasteiger partial charge in [-0.3, -0.25) is 9.80 Å². The van der Waals surface area contributed by atoms with Crippen LogP contribution in [0.15, 0.2) is 40.3 Å². The normalized spacial score (nSPS) is 24.2. The lowest BCUT2D eigenvalue weighted by Gasteiger charge is -2.57. The predicted octanol–water partition coefficient (Wildman–Crippen LogP) is 4.22. The Hall–Kier alpha value is -1.10. The first kappa shape index (κ1) is 15.4. The van der Waals surface area contributed by atoms with Gasteiger partial charge in [0.25, 0.3) is 0 Å². The van der Waals surface area contributed by atoms with Gasteiger partial charge in [-0.15, -0.1) is 11.3 Å². The summed E-state index contributed by atoms with van der Waals surface area (Å²) >= 11 is 1.88. The Morgan fingerprint density at radius 2 is 2.13 bits per heavy atom.